The topological polar surface area (TPSA) is 75.7 Å². The maximum Gasteiger partial charge on any atom is 0.311 e. The van der Waals surface area contributed by atoms with E-state index in [1.165, 1.54) is 0 Å². The second-order valence-corrected chi connectivity index (χ2v) is 6.90. The molecule has 1 aliphatic rings. The van der Waals surface area contributed by atoms with Gasteiger partial charge in [-0.3, -0.25) is 14.4 Å². The van der Waals surface area contributed by atoms with E-state index in [0.29, 0.717) is 13.1 Å². The Morgan fingerprint density at radius 1 is 1.11 bits per heavy atom. The molecule has 0 saturated carbocycles. The average Bonchev–Trinajstić information content (AvgIpc) is 3.13. The van der Waals surface area contributed by atoms with Crippen LogP contribution in [-0.2, 0) is 25.7 Å². The van der Waals surface area contributed by atoms with Gasteiger partial charge in [0.15, 0.2) is 6.61 Å². The summed E-state index contributed by atoms with van der Waals surface area (Å²) in [6.45, 7) is 2.28. The molecule has 2 aromatic rings. The number of esters is 1. The zero-order chi connectivity index (χ0) is 19.9. The number of carbonyl (C=O) groups is 3. The van der Waals surface area contributed by atoms with E-state index < -0.39 is 11.9 Å². The van der Waals surface area contributed by atoms with Gasteiger partial charge in [-0.15, -0.1) is 0 Å². The number of nitrogens with one attached hydrogen (secondary N) is 1. The number of hydrogen-bond acceptors (Lipinski definition) is 4. The van der Waals surface area contributed by atoms with Crippen molar-refractivity contribution in [1.29, 1.82) is 0 Å². The average molecular weight is 380 g/mol. The largest absolute Gasteiger partial charge is 0.455 e. The Balaban J connectivity index is 1.46. The standard InChI is InChI=1S/C22H24N2O4/c1-16(18-10-6-3-7-11-18)24-14-19(12-21(24)26)22(27)28-15-20(25)23-13-17-8-4-2-5-9-17/h2-11,16,19H,12-15H2,1H3,(H,23,25)/t16-,19+/m0/s1. The van der Waals surface area contributed by atoms with Crippen LogP contribution in [0.5, 0.6) is 0 Å². The molecule has 1 fully saturated rings. The molecular formula is C22H24N2O4. The monoisotopic (exact) mass is 380 g/mol. The number of nitrogens with zero attached hydrogens (tertiary/aromatic N) is 1. The van der Waals surface area contributed by atoms with Crippen LogP contribution in [0.3, 0.4) is 0 Å². The molecule has 0 bridgehead atoms. The first-order valence-corrected chi connectivity index (χ1v) is 9.36. The van der Waals surface area contributed by atoms with Crippen LogP contribution < -0.4 is 5.32 Å². The van der Waals surface area contributed by atoms with E-state index in [4.69, 9.17) is 4.74 Å². The first-order chi connectivity index (χ1) is 13.5. The third-order valence-electron chi connectivity index (χ3n) is 4.92. The lowest BCUT2D eigenvalue weighted by Crippen LogP contribution is -2.31. The molecule has 28 heavy (non-hydrogen) atoms. The third-order valence-corrected chi connectivity index (χ3v) is 4.92. The number of rotatable bonds is 7. The van der Waals surface area contributed by atoms with Crippen molar-refractivity contribution in [2.24, 2.45) is 5.92 Å². The lowest BCUT2D eigenvalue weighted by Gasteiger charge is -2.25. The molecule has 6 nitrogen and oxygen atoms in total. The van der Waals surface area contributed by atoms with Gasteiger partial charge in [-0.05, 0) is 18.1 Å². The zero-order valence-corrected chi connectivity index (χ0v) is 15.8. The second-order valence-electron chi connectivity index (χ2n) is 6.90. The van der Waals surface area contributed by atoms with Crippen molar-refractivity contribution in [2.75, 3.05) is 13.2 Å². The molecule has 6 heteroatoms. The van der Waals surface area contributed by atoms with E-state index in [1.54, 1.807) is 4.90 Å². The quantitative estimate of drug-likeness (QED) is 0.749. The Kier molecular flexibility index (Phi) is 6.42. The van der Waals surface area contributed by atoms with Crippen LogP contribution in [0.2, 0.25) is 0 Å². The molecule has 1 N–H and O–H groups in total. The van der Waals surface area contributed by atoms with Crippen LogP contribution in [0, 0.1) is 5.92 Å². The predicted octanol–water partition coefficient (Wildman–Crippen LogP) is 2.46. The van der Waals surface area contributed by atoms with Crippen molar-refractivity contribution in [2.45, 2.75) is 25.9 Å². The molecule has 2 aromatic carbocycles. The summed E-state index contributed by atoms with van der Waals surface area (Å²) in [6, 6.07) is 19.1. The summed E-state index contributed by atoms with van der Waals surface area (Å²) >= 11 is 0. The fourth-order valence-corrected chi connectivity index (χ4v) is 3.28. The summed E-state index contributed by atoms with van der Waals surface area (Å²) in [4.78, 5) is 38.2. The van der Waals surface area contributed by atoms with E-state index in [2.05, 4.69) is 5.32 Å². The third kappa shape index (κ3) is 4.97. The van der Waals surface area contributed by atoms with Gasteiger partial charge >= 0.3 is 5.97 Å². The van der Waals surface area contributed by atoms with Crippen molar-refractivity contribution in [3.8, 4) is 0 Å². The van der Waals surface area contributed by atoms with Crippen LogP contribution in [-0.4, -0.2) is 35.8 Å². The Morgan fingerprint density at radius 3 is 2.43 bits per heavy atom. The van der Waals surface area contributed by atoms with Gasteiger partial charge in [0.05, 0.1) is 12.0 Å². The molecule has 2 atom stereocenters. The van der Waals surface area contributed by atoms with Gasteiger partial charge in [-0.2, -0.15) is 0 Å². The lowest BCUT2D eigenvalue weighted by molar-refractivity contribution is -0.152. The van der Waals surface area contributed by atoms with Crippen molar-refractivity contribution >= 4 is 17.8 Å². The van der Waals surface area contributed by atoms with Crippen molar-refractivity contribution in [1.82, 2.24) is 10.2 Å². The number of hydrogen-bond donors (Lipinski definition) is 1. The van der Waals surface area contributed by atoms with Crippen LogP contribution in [0.15, 0.2) is 60.7 Å². The van der Waals surface area contributed by atoms with E-state index >= 15 is 0 Å². The highest BCUT2D eigenvalue weighted by atomic mass is 16.5. The molecule has 0 spiro atoms. The molecule has 1 heterocycles. The van der Waals surface area contributed by atoms with Gasteiger partial charge < -0.3 is 15.0 Å². The molecule has 0 radical (unpaired) electrons. The summed E-state index contributed by atoms with van der Waals surface area (Å²) in [5, 5.41) is 2.71. The fraction of sp³-hybridized carbons (Fsp3) is 0.318. The summed E-state index contributed by atoms with van der Waals surface area (Å²) in [7, 11) is 0. The summed E-state index contributed by atoms with van der Waals surface area (Å²) in [6.07, 6.45) is 0.113. The SMILES string of the molecule is C[C@@H](c1ccccc1)N1C[C@H](C(=O)OCC(=O)NCc2ccccc2)CC1=O. The number of ether oxygens (including phenoxy) is 1. The lowest BCUT2D eigenvalue weighted by atomic mass is 10.1. The zero-order valence-electron chi connectivity index (χ0n) is 15.8. The maximum absolute atomic E-state index is 12.3. The maximum atomic E-state index is 12.3. The molecule has 3 rings (SSSR count). The first-order valence-electron chi connectivity index (χ1n) is 9.36. The van der Waals surface area contributed by atoms with Gasteiger partial charge in [0.2, 0.25) is 5.91 Å². The number of amides is 2. The van der Waals surface area contributed by atoms with E-state index in [0.717, 1.165) is 11.1 Å². The van der Waals surface area contributed by atoms with Crippen LogP contribution >= 0.6 is 0 Å². The number of carbonyl (C=O) groups excluding carboxylic acids is 3. The van der Waals surface area contributed by atoms with Crippen molar-refractivity contribution in [3.05, 3.63) is 71.8 Å². The number of benzene rings is 2. The summed E-state index contributed by atoms with van der Waals surface area (Å²) in [5.74, 6) is -1.49. The van der Waals surface area contributed by atoms with E-state index in [9.17, 15) is 14.4 Å². The Hall–Kier alpha value is -3.15. The highest BCUT2D eigenvalue weighted by Crippen LogP contribution is 2.28. The van der Waals surface area contributed by atoms with Crippen molar-refractivity contribution < 1.29 is 19.1 Å². The van der Waals surface area contributed by atoms with Gasteiger partial charge in [0, 0.05) is 19.5 Å². The Morgan fingerprint density at radius 2 is 1.75 bits per heavy atom. The Labute approximate surface area is 164 Å². The molecule has 0 unspecified atom stereocenters. The van der Waals surface area contributed by atoms with Crippen LogP contribution in [0.4, 0.5) is 0 Å². The molecule has 0 aliphatic carbocycles. The summed E-state index contributed by atoms with van der Waals surface area (Å²) < 4.78 is 5.13. The predicted molar refractivity (Wildman–Crippen MR) is 104 cm³/mol. The molecule has 2 amide bonds. The number of likely N-dealkylation sites (tertiary alicyclic amines) is 1. The van der Waals surface area contributed by atoms with E-state index in [-0.39, 0.29) is 30.9 Å². The smallest absolute Gasteiger partial charge is 0.311 e. The first kappa shape index (κ1) is 19.6. The van der Waals surface area contributed by atoms with Crippen LogP contribution in [0.1, 0.15) is 30.5 Å². The molecular weight excluding hydrogens is 356 g/mol. The molecule has 1 aliphatic heterocycles. The minimum atomic E-state index is -0.541. The minimum Gasteiger partial charge on any atom is -0.455 e. The molecule has 1 saturated heterocycles. The highest BCUT2D eigenvalue weighted by molar-refractivity contribution is 5.88. The minimum absolute atomic E-state index is 0.0770. The van der Waals surface area contributed by atoms with Crippen molar-refractivity contribution in [3.63, 3.8) is 0 Å². The van der Waals surface area contributed by atoms with Gasteiger partial charge in [0.1, 0.15) is 0 Å². The van der Waals surface area contributed by atoms with Gasteiger partial charge in [-0.1, -0.05) is 60.7 Å². The second kappa shape index (κ2) is 9.17. The van der Waals surface area contributed by atoms with Gasteiger partial charge in [0.25, 0.3) is 5.91 Å². The van der Waals surface area contributed by atoms with E-state index in [1.807, 2.05) is 67.6 Å². The fourth-order valence-electron chi connectivity index (χ4n) is 3.28. The Bertz CT molecular complexity index is 823. The van der Waals surface area contributed by atoms with Gasteiger partial charge in [-0.25, -0.2) is 0 Å². The molecule has 146 valence electrons. The normalized spacial score (nSPS) is 17.2. The highest BCUT2D eigenvalue weighted by Gasteiger charge is 2.38. The summed E-state index contributed by atoms with van der Waals surface area (Å²) in [5.41, 5.74) is 1.99. The molecule has 0 aromatic heterocycles. The van der Waals surface area contributed by atoms with Crippen LogP contribution in [0.25, 0.3) is 0 Å².